The van der Waals surface area contributed by atoms with E-state index in [1.165, 1.54) is 161 Å². The van der Waals surface area contributed by atoms with Gasteiger partial charge in [0.05, 0.1) is 13.2 Å². The van der Waals surface area contributed by atoms with E-state index in [9.17, 15) is 30.0 Å². The van der Waals surface area contributed by atoms with Gasteiger partial charge >= 0.3 is 11.9 Å². The molecular formula is C51H96O10. The number of esters is 2. The molecule has 0 aromatic carbocycles. The van der Waals surface area contributed by atoms with Gasteiger partial charge in [-0.25, -0.2) is 0 Å². The van der Waals surface area contributed by atoms with Gasteiger partial charge in [0.1, 0.15) is 31.0 Å². The molecule has 0 aromatic heterocycles. The van der Waals surface area contributed by atoms with Crippen LogP contribution in [0, 0.1) is 0 Å². The number of ether oxygens (including phenoxy) is 4. The number of carbonyl (C=O) groups excluding carboxylic acids is 2. The molecular weight excluding hydrogens is 773 g/mol. The summed E-state index contributed by atoms with van der Waals surface area (Å²) in [6.45, 7) is 3.45. The maximum Gasteiger partial charge on any atom is 0.306 e. The van der Waals surface area contributed by atoms with Crippen LogP contribution in [0.1, 0.15) is 245 Å². The van der Waals surface area contributed by atoms with Crippen molar-refractivity contribution in [3.8, 4) is 0 Å². The van der Waals surface area contributed by atoms with Gasteiger partial charge in [0, 0.05) is 12.8 Å². The highest BCUT2D eigenvalue weighted by Crippen LogP contribution is 2.23. The molecule has 1 saturated heterocycles. The highest BCUT2D eigenvalue weighted by Gasteiger charge is 2.44. The number of aliphatic hydroxyl groups excluding tert-OH is 4. The number of aliphatic hydroxyl groups is 4. The lowest BCUT2D eigenvalue weighted by Gasteiger charge is -2.39. The van der Waals surface area contributed by atoms with Crippen LogP contribution >= 0.6 is 0 Å². The Hall–Kier alpha value is -1.56. The van der Waals surface area contributed by atoms with Gasteiger partial charge in [-0.3, -0.25) is 9.59 Å². The number of unbranched alkanes of at least 4 members (excludes halogenated alkanes) is 31. The second kappa shape index (κ2) is 42.4. The van der Waals surface area contributed by atoms with Crippen molar-refractivity contribution in [3.63, 3.8) is 0 Å². The third-order valence-electron chi connectivity index (χ3n) is 12.2. The lowest BCUT2D eigenvalue weighted by Crippen LogP contribution is -2.59. The molecule has 0 spiro atoms. The quantitative estimate of drug-likeness (QED) is 0.0264. The van der Waals surface area contributed by atoms with Crippen LogP contribution in [0.2, 0.25) is 0 Å². The Morgan fingerprint density at radius 2 is 0.869 bits per heavy atom. The van der Waals surface area contributed by atoms with Gasteiger partial charge in [-0.1, -0.05) is 206 Å². The van der Waals surface area contributed by atoms with Crippen LogP contribution in [-0.4, -0.2) is 89.0 Å². The van der Waals surface area contributed by atoms with Crippen LogP contribution < -0.4 is 0 Å². The Labute approximate surface area is 373 Å². The standard InChI is InChI=1S/C51H96O10/c1-3-5-7-9-11-13-15-17-19-20-21-22-23-24-26-27-29-31-33-35-37-39-46(53)58-42-44(43-59-51-50(57)49(56)48(55)45(41-52)61-51)60-47(54)40-38-36-34-32-30-28-25-18-16-14-12-10-8-6-4-2/h18,25,44-45,48-52,55-57H,3-17,19-24,26-43H2,1-2H3/b25-18-. The molecule has 360 valence electrons. The first kappa shape index (κ1) is 57.5. The van der Waals surface area contributed by atoms with E-state index in [1.54, 1.807) is 0 Å². The highest BCUT2D eigenvalue weighted by atomic mass is 16.7. The van der Waals surface area contributed by atoms with Crippen LogP contribution in [-0.2, 0) is 28.5 Å². The lowest BCUT2D eigenvalue weighted by atomic mass is 9.99. The Bertz CT molecular complexity index is 1010. The second-order valence-corrected chi connectivity index (χ2v) is 18.0. The van der Waals surface area contributed by atoms with Crippen LogP contribution in [0.4, 0.5) is 0 Å². The predicted octanol–water partition coefficient (Wildman–Crippen LogP) is 11.9. The molecule has 6 atom stereocenters. The predicted molar refractivity (Wildman–Crippen MR) is 247 cm³/mol. The van der Waals surface area contributed by atoms with Gasteiger partial charge in [-0.2, -0.15) is 0 Å². The summed E-state index contributed by atoms with van der Waals surface area (Å²) in [6, 6.07) is 0. The molecule has 1 aliphatic heterocycles. The number of hydrogen-bond acceptors (Lipinski definition) is 10. The van der Waals surface area contributed by atoms with Crippen LogP contribution in [0.3, 0.4) is 0 Å². The number of allylic oxidation sites excluding steroid dienone is 2. The van der Waals surface area contributed by atoms with E-state index in [0.29, 0.717) is 6.42 Å². The summed E-state index contributed by atoms with van der Waals surface area (Å²) in [4.78, 5) is 25.4. The van der Waals surface area contributed by atoms with Gasteiger partial charge in [-0.15, -0.1) is 0 Å². The molecule has 0 bridgehead atoms. The summed E-state index contributed by atoms with van der Waals surface area (Å²) in [7, 11) is 0. The number of hydrogen-bond donors (Lipinski definition) is 4. The summed E-state index contributed by atoms with van der Waals surface area (Å²) in [5.74, 6) is -0.802. The molecule has 61 heavy (non-hydrogen) atoms. The summed E-state index contributed by atoms with van der Waals surface area (Å²) in [5, 5.41) is 40.2. The summed E-state index contributed by atoms with van der Waals surface area (Å²) in [6.07, 6.45) is 39.4. The van der Waals surface area contributed by atoms with Crippen LogP contribution in [0.25, 0.3) is 0 Å². The van der Waals surface area contributed by atoms with E-state index in [-0.39, 0.29) is 32.0 Å². The second-order valence-electron chi connectivity index (χ2n) is 18.0. The van der Waals surface area contributed by atoms with Crippen LogP contribution in [0.15, 0.2) is 12.2 Å². The molecule has 1 fully saturated rings. The molecule has 1 rings (SSSR count). The molecule has 1 heterocycles. The topological polar surface area (TPSA) is 152 Å². The van der Waals surface area contributed by atoms with E-state index >= 15 is 0 Å². The summed E-state index contributed by atoms with van der Waals surface area (Å²) >= 11 is 0. The molecule has 0 amide bonds. The average molecular weight is 869 g/mol. The van der Waals surface area contributed by atoms with Crippen molar-refractivity contribution in [3.05, 3.63) is 12.2 Å². The molecule has 10 nitrogen and oxygen atoms in total. The normalized spacial score (nSPS) is 19.7. The van der Waals surface area contributed by atoms with Gasteiger partial charge in [0.15, 0.2) is 12.4 Å². The fourth-order valence-electron chi connectivity index (χ4n) is 8.07. The third kappa shape index (κ3) is 33.6. The van der Waals surface area contributed by atoms with Gasteiger partial charge in [0.2, 0.25) is 0 Å². The molecule has 0 aromatic rings. The summed E-state index contributed by atoms with van der Waals surface area (Å²) in [5.41, 5.74) is 0. The number of rotatable bonds is 44. The Morgan fingerprint density at radius 1 is 0.492 bits per heavy atom. The van der Waals surface area contributed by atoms with Crippen molar-refractivity contribution in [2.24, 2.45) is 0 Å². The first-order valence-corrected chi connectivity index (χ1v) is 25.8. The van der Waals surface area contributed by atoms with Crippen molar-refractivity contribution in [2.75, 3.05) is 19.8 Å². The SMILES string of the molecule is CCCCCCCC/C=C\CCCCCCCC(=O)OC(COC(=O)CCCCCCCCCCCCCCCCCCCCCCC)COC1OC(CO)C(O)C(O)C1O. The minimum Gasteiger partial charge on any atom is -0.462 e. The monoisotopic (exact) mass is 869 g/mol. The summed E-state index contributed by atoms with van der Waals surface area (Å²) < 4.78 is 22.2. The molecule has 4 N–H and O–H groups in total. The van der Waals surface area contributed by atoms with Crippen molar-refractivity contribution >= 4 is 11.9 Å². The van der Waals surface area contributed by atoms with Crippen molar-refractivity contribution < 1.29 is 49.0 Å². The van der Waals surface area contributed by atoms with Crippen molar-refractivity contribution in [1.29, 1.82) is 0 Å². The maximum absolute atomic E-state index is 12.8. The van der Waals surface area contributed by atoms with Gasteiger partial charge in [-0.05, 0) is 38.5 Å². The van der Waals surface area contributed by atoms with E-state index < -0.39 is 49.4 Å². The first-order valence-electron chi connectivity index (χ1n) is 25.8. The van der Waals surface area contributed by atoms with Crippen molar-refractivity contribution in [2.45, 2.75) is 282 Å². The fraction of sp³-hybridized carbons (Fsp3) is 0.922. The van der Waals surface area contributed by atoms with E-state index in [1.807, 2.05) is 0 Å². The Kier molecular flexibility index (Phi) is 39.9. The van der Waals surface area contributed by atoms with Crippen LogP contribution in [0.5, 0.6) is 0 Å². The lowest BCUT2D eigenvalue weighted by molar-refractivity contribution is -0.305. The molecule has 6 unspecified atom stereocenters. The smallest absolute Gasteiger partial charge is 0.306 e. The molecule has 1 aliphatic rings. The highest BCUT2D eigenvalue weighted by molar-refractivity contribution is 5.70. The fourth-order valence-corrected chi connectivity index (χ4v) is 8.07. The molecule has 0 aliphatic carbocycles. The first-order chi connectivity index (χ1) is 29.8. The molecule has 0 radical (unpaired) electrons. The molecule has 10 heteroatoms. The van der Waals surface area contributed by atoms with Gasteiger partial charge < -0.3 is 39.4 Å². The van der Waals surface area contributed by atoms with E-state index in [2.05, 4.69) is 26.0 Å². The van der Waals surface area contributed by atoms with E-state index in [0.717, 1.165) is 51.4 Å². The number of carbonyl (C=O) groups is 2. The average Bonchev–Trinajstić information content (AvgIpc) is 3.26. The molecule has 0 saturated carbocycles. The Balaban J connectivity index is 2.23. The van der Waals surface area contributed by atoms with E-state index in [4.69, 9.17) is 18.9 Å². The minimum absolute atomic E-state index is 0.215. The Morgan fingerprint density at radius 3 is 1.28 bits per heavy atom. The zero-order valence-electron chi connectivity index (χ0n) is 39.4. The zero-order chi connectivity index (χ0) is 44.4. The zero-order valence-corrected chi connectivity index (χ0v) is 39.4. The van der Waals surface area contributed by atoms with Crippen molar-refractivity contribution in [1.82, 2.24) is 0 Å². The maximum atomic E-state index is 12.8. The third-order valence-corrected chi connectivity index (χ3v) is 12.2. The largest absolute Gasteiger partial charge is 0.462 e. The van der Waals surface area contributed by atoms with Gasteiger partial charge in [0.25, 0.3) is 0 Å². The minimum atomic E-state index is -1.59.